The number of aromatic nitrogens is 1. The van der Waals surface area contributed by atoms with Gasteiger partial charge >= 0.3 is 0 Å². The summed E-state index contributed by atoms with van der Waals surface area (Å²) in [5.74, 6) is 1.97. The molecule has 0 spiro atoms. The third-order valence-electron chi connectivity index (χ3n) is 4.32. The Morgan fingerprint density at radius 1 is 1.21 bits per heavy atom. The summed E-state index contributed by atoms with van der Waals surface area (Å²) in [5.41, 5.74) is 0.975. The molecule has 0 radical (unpaired) electrons. The van der Waals surface area contributed by atoms with Crippen molar-refractivity contribution in [2.45, 2.75) is 19.9 Å². The molecule has 6 nitrogen and oxygen atoms in total. The van der Waals surface area contributed by atoms with Gasteiger partial charge in [0.25, 0.3) is 5.91 Å². The second-order valence-corrected chi connectivity index (χ2v) is 6.12. The van der Waals surface area contributed by atoms with E-state index >= 15 is 0 Å². The molecule has 1 aliphatic rings. The number of likely N-dealkylation sites (N-methyl/N-ethyl adjacent to an activating group) is 1. The molecule has 1 aliphatic heterocycles. The average molecular weight is 328 g/mol. The van der Waals surface area contributed by atoms with Gasteiger partial charge in [-0.2, -0.15) is 0 Å². The van der Waals surface area contributed by atoms with Gasteiger partial charge in [-0.3, -0.25) is 4.79 Å². The van der Waals surface area contributed by atoms with Gasteiger partial charge in [-0.05, 0) is 30.8 Å². The van der Waals surface area contributed by atoms with Crippen molar-refractivity contribution in [2.75, 3.05) is 38.1 Å². The van der Waals surface area contributed by atoms with Gasteiger partial charge < -0.3 is 19.5 Å². The SMILES string of the molecule is CCc1ccc(C(=O)NCc2ccc(N3CCN(C)CC3)nc2)o1. The van der Waals surface area contributed by atoms with Gasteiger partial charge in [-0.25, -0.2) is 4.98 Å². The number of anilines is 1. The number of hydrogen-bond donors (Lipinski definition) is 1. The summed E-state index contributed by atoms with van der Waals surface area (Å²) in [4.78, 5) is 21.2. The number of nitrogens with one attached hydrogen (secondary N) is 1. The van der Waals surface area contributed by atoms with Crippen molar-refractivity contribution in [3.05, 3.63) is 47.5 Å². The lowest BCUT2D eigenvalue weighted by molar-refractivity contribution is 0.0921. The number of nitrogens with zero attached hydrogens (tertiary/aromatic N) is 3. The van der Waals surface area contributed by atoms with Crippen LogP contribution in [0.2, 0.25) is 0 Å². The maximum absolute atomic E-state index is 12.1. The molecule has 1 amide bonds. The Hall–Kier alpha value is -2.34. The predicted octanol–water partition coefficient (Wildman–Crippen LogP) is 1.92. The number of piperazine rings is 1. The van der Waals surface area contributed by atoms with Gasteiger partial charge in [-0.15, -0.1) is 0 Å². The summed E-state index contributed by atoms with van der Waals surface area (Å²) in [7, 11) is 2.14. The minimum atomic E-state index is -0.196. The van der Waals surface area contributed by atoms with Crippen molar-refractivity contribution in [1.29, 1.82) is 0 Å². The van der Waals surface area contributed by atoms with Gasteiger partial charge in [0.05, 0.1) is 0 Å². The minimum absolute atomic E-state index is 0.196. The van der Waals surface area contributed by atoms with Crippen LogP contribution in [0.5, 0.6) is 0 Å². The Labute approximate surface area is 142 Å². The number of hydrogen-bond acceptors (Lipinski definition) is 5. The number of aryl methyl sites for hydroxylation is 1. The molecule has 128 valence electrons. The third-order valence-corrected chi connectivity index (χ3v) is 4.32. The van der Waals surface area contributed by atoms with Crippen LogP contribution in [0.25, 0.3) is 0 Å². The fourth-order valence-corrected chi connectivity index (χ4v) is 2.70. The van der Waals surface area contributed by atoms with E-state index in [0.717, 1.165) is 49.7 Å². The third kappa shape index (κ3) is 3.94. The molecule has 0 unspecified atom stereocenters. The Bertz CT molecular complexity index is 673. The largest absolute Gasteiger partial charge is 0.456 e. The second kappa shape index (κ2) is 7.49. The number of carbonyl (C=O) groups excluding carboxylic acids is 1. The highest BCUT2D eigenvalue weighted by Crippen LogP contribution is 2.14. The van der Waals surface area contributed by atoms with Crippen molar-refractivity contribution in [3.8, 4) is 0 Å². The lowest BCUT2D eigenvalue weighted by Gasteiger charge is -2.33. The maximum atomic E-state index is 12.1. The summed E-state index contributed by atoms with van der Waals surface area (Å²) >= 11 is 0. The van der Waals surface area contributed by atoms with E-state index in [1.165, 1.54) is 0 Å². The maximum Gasteiger partial charge on any atom is 0.287 e. The predicted molar refractivity (Wildman–Crippen MR) is 93.2 cm³/mol. The number of furan rings is 1. The molecule has 2 aromatic heterocycles. The molecule has 0 aromatic carbocycles. The van der Waals surface area contributed by atoms with Crippen LogP contribution in [-0.2, 0) is 13.0 Å². The molecule has 0 aliphatic carbocycles. The first-order valence-corrected chi connectivity index (χ1v) is 8.41. The van der Waals surface area contributed by atoms with E-state index in [9.17, 15) is 4.79 Å². The minimum Gasteiger partial charge on any atom is -0.456 e. The van der Waals surface area contributed by atoms with Gasteiger partial charge in [0, 0.05) is 45.3 Å². The Morgan fingerprint density at radius 2 is 2.00 bits per heavy atom. The molecule has 24 heavy (non-hydrogen) atoms. The number of pyridine rings is 1. The van der Waals surface area contributed by atoms with Crippen LogP contribution in [0.1, 0.15) is 28.8 Å². The molecule has 6 heteroatoms. The zero-order valence-electron chi connectivity index (χ0n) is 14.3. The molecule has 3 rings (SSSR count). The van der Waals surface area contributed by atoms with Gasteiger partial charge in [0.1, 0.15) is 11.6 Å². The molecule has 1 fully saturated rings. The summed E-state index contributed by atoms with van der Waals surface area (Å²) < 4.78 is 5.45. The van der Waals surface area contributed by atoms with E-state index in [2.05, 4.69) is 27.1 Å². The highest BCUT2D eigenvalue weighted by Gasteiger charge is 2.15. The molecule has 0 saturated carbocycles. The van der Waals surface area contributed by atoms with E-state index in [-0.39, 0.29) is 5.91 Å². The topological polar surface area (TPSA) is 61.6 Å². The van der Waals surface area contributed by atoms with Crippen LogP contribution in [0.3, 0.4) is 0 Å². The van der Waals surface area contributed by atoms with Crippen molar-refractivity contribution >= 4 is 11.7 Å². The molecule has 0 atom stereocenters. The molecular weight excluding hydrogens is 304 g/mol. The zero-order chi connectivity index (χ0) is 16.9. The first-order chi connectivity index (χ1) is 11.7. The highest BCUT2D eigenvalue weighted by atomic mass is 16.3. The molecule has 1 N–H and O–H groups in total. The van der Waals surface area contributed by atoms with E-state index < -0.39 is 0 Å². The lowest BCUT2D eigenvalue weighted by atomic mass is 10.2. The van der Waals surface area contributed by atoms with Gasteiger partial charge in [0.2, 0.25) is 0 Å². The lowest BCUT2D eigenvalue weighted by Crippen LogP contribution is -2.44. The molecular formula is C18H24N4O2. The van der Waals surface area contributed by atoms with Crippen LogP contribution in [0.4, 0.5) is 5.82 Å². The second-order valence-electron chi connectivity index (χ2n) is 6.12. The van der Waals surface area contributed by atoms with Gasteiger partial charge in [0.15, 0.2) is 5.76 Å². The van der Waals surface area contributed by atoms with Gasteiger partial charge in [-0.1, -0.05) is 13.0 Å². The molecule has 3 heterocycles. The molecule has 2 aromatic rings. The average Bonchev–Trinajstić information content (AvgIpc) is 3.10. The first kappa shape index (κ1) is 16.5. The van der Waals surface area contributed by atoms with Crippen LogP contribution < -0.4 is 10.2 Å². The normalized spacial score (nSPS) is 15.5. The van der Waals surface area contributed by atoms with E-state index in [0.29, 0.717) is 12.3 Å². The van der Waals surface area contributed by atoms with E-state index in [4.69, 9.17) is 4.42 Å². The fourth-order valence-electron chi connectivity index (χ4n) is 2.70. The van der Waals surface area contributed by atoms with Crippen molar-refractivity contribution in [2.24, 2.45) is 0 Å². The Kier molecular flexibility index (Phi) is 5.15. The molecule has 1 saturated heterocycles. The monoisotopic (exact) mass is 328 g/mol. The number of carbonyl (C=O) groups is 1. The fraction of sp³-hybridized carbons (Fsp3) is 0.444. The molecule has 0 bridgehead atoms. The van der Waals surface area contributed by atoms with Crippen LogP contribution in [0, 0.1) is 0 Å². The van der Waals surface area contributed by atoms with Crippen molar-refractivity contribution in [3.63, 3.8) is 0 Å². The zero-order valence-corrected chi connectivity index (χ0v) is 14.3. The first-order valence-electron chi connectivity index (χ1n) is 8.41. The van der Waals surface area contributed by atoms with Crippen LogP contribution in [-0.4, -0.2) is 49.0 Å². The Balaban J connectivity index is 1.53. The van der Waals surface area contributed by atoms with Crippen molar-refractivity contribution in [1.82, 2.24) is 15.2 Å². The highest BCUT2D eigenvalue weighted by molar-refractivity contribution is 5.91. The van der Waals surface area contributed by atoms with Crippen LogP contribution >= 0.6 is 0 Å². The standard InChI is InChI=1S/C18H24N4O2/c1-3-15-5-6-16(24-15)18(23)20-13-14-4-7-17(19-12-14)22-10-8-21(2)9-11-22/h4-7,12H,3,8-11,13H2,1-2H3,(H,20,23). The number of amides is 1. The Morgan fingerprint density at radius 3 is 2.62 bits per heavy atom. The van der Waals surface area contributed by atoms with Crippen LogP contribution in [0.15, 0.2) is 34.9 Å². The van der Waals surface area contributed by atoms with E-state index in [1.54, 1.807) is 6.07 Å². The number of rotatable bonds is 5. The van der Waals surface area contributed by atoms with E-state index in [1.807, 2.05) is 31.3 Å². The quantitative estimate of drug-likeness (QED) is 0.908. The summed E-state index contributed by atoms with van der Waals surface area (Å²) in [6.45, 7) is 6.55. The summed E-state index contributed by atoms with van der Waals surface area (Å²) in [5, 5.41) is 2.86. The summed E-state index contributed by atoms with van der Waals surface area (Å²) in [6, 6.07) is 7.58. The summed E-state index contributed by atoms with van der Waals surface area (Å²) in [6.07, 6.45) is 2.61. The smallest absolute Gasteiger partial charge is 0.287 e. The van der Waals surface area contributed by atoms with Crippen molar-refractivity contribution < 1.29 is 9.21 Å².